The first-order chi connectivity index (χ1) is 14.2. The minimum absolute atomic E-state index is 0.0302. The molecule has 7 nitrogen and oxygen atoms in total. The summed E-state index contributed by atoms with van der Waals surface area (Å²) in [7, 11) is 0. The van der Waals surface area contributed by atoms with Crippen LogP contribution in [-0.2, 0) is 6.54 Å². The standard InChI is InChI=1S/C22H25N5O2/c1-2-23-22(26-14-13-25-21(29)18-8-4-6-10-20(18)28)27-15-16-11-12-24-19-9-5-3-7-17(16)19/h3-12,28H,2,13-15H2,1H3,(H,25,29)(H2,23,26,27). The number of carbonyl (C=O) groups excluding carboxylic acids is 1. The van der Waals surface area contributed by atoms with Crippen molar-refractivity contribution in [3.05, 3.63) is 71.9 Å². The van der Waals surface area contributed by atoms with E-state index in [4.69, 9.17) is 0 Å². The molecule has 0 bridgehead atoms. The number of para-hydroxylation sites is 2. The molecule has 1 heterocycles. The van der Waals surface area contributed by atoms with E-state index in [1.54, 1.807) is 24.4 Å². The van der Waals surface area contributed by atoms with Crippen molar-refractivity contribution in [1.82, 2.24) is 20.9 Å². The van der Waals surface area contributed by atoms with Crippen LogP contribution in [0.4, 0.5) is 0 Å². The van der Waals surface area contributed by atoms with Gasteiger partial charge in [-0.3, -0.25) is 9.78 Å². The van der Waals surface area contributed by atoms with Crippen molar-refractivity contribution < 1.29 is 9.90 Å². The summed E-state index contributed by atoms with van der Waals surface area (Å²) < 4.78 is 0. The van der Waals surface area contributed by atoms with E-state index in [0.29, 0.717) is 25.6 Å². The molecule has 7 heteroatoms. The van der Waals surface area contributed by atoms with Crippen molar-refractivity contribution in [3.8, 4) is 5.75 Å². The summed E-state index contributed by atoms with van der Waals surface area (Å²) in [5.41, 5.74) is 2.31. The molecular weight excluding hydrogens is 366 g/mol. The van der Waals surface area contributed by atoms with Crippen molar-refractivity contribution >= 4 is 22.8 Å². The summed E-state index contributed by atoms with van der Waals surface area (Å²) >= 11 is 0. The summed E-state index contributed by atoms with van der Waals surface area (Å²) in [4.78, 5) is 21.1. The molecule has 0 unspecified atom stereocenters. The zero-order valence-corrected chi connectivity index (χ0v) is 16.4. The van der Waals surface area contributed by atoms with E-state index in [2.05, 4.69) is 25.9 Å². The maximum absolute atomic E-state index is 12.1. The quantitative estimate of drug-likeness (QED) is 0.282. The van der Waals surface area contributed by atoms with Crippen LogP contribution >= 0.6 is 0 Å². The number of pyridine rings is 1. The van der Waals surface area contributed by atoms with Crippen LogP contribution in [0, 0.1) is 0 Å². The van der Waals surface area contributed by atoms with Gasteiger partial charge in [0.05, 0.1) is 17.6 Å². The van der Waals surface area contributed by atoms with E-state index >= 15 is 0 Å². The number of aromatic hydroxyl groups is 1. The molecule has 0 atom stereocenters. The summed E-state index contributed by atoms with van der Waals surface area (Å²) in [5, 5.41) is 20.0. The summed E-state index contributed by atoms with van der Waals surface area (Å²) in [5.74, 6) is 0.331. The fraction of sp³-hybridized carbons (Fsp3) is 0.227. The zero-order valence-electron chi connectivity index (χ0n) is 16.4. The number of amides is 1. The van der Waals surface area contributed by atoms with Gasteiger partial charge in [0, 0.05) is 31.2 Å². The lowest BCUT2D eigenvalue weighted by molar-refractivity contribution is 0.0951. The number of aliphatic imine (C=N–C) groups is 1. The van der Waals surface area contributed by atoms with Crippen molar-refractivity contribution in [1.29, 1.82) is 0 Å². The zero-order chi connectivity index (χ0) is 20.5. The minimum atomic E-state index is -0.310. The monoisotopic (exact) mass is 391 g/mol. The van der Waals surface area contributed by atoms with Gasteiger partial charge in [0.2, 0.25) is 0 Å². The van der Waals surface area contributed by atoms with Crippen LogP contribution in [0.1, 0.15) is 22.8 Å². The molecule has 29 heavy (non-hydrogen) atoms. The Morgan fingerprint density at radius 2 is 1.76 bits per heavy atom. The number of hydrogen-bond donors (Lipinski definition) is 4. The number of benzene rings is 2. The van der Waals surface area contributed by atoms with Gasteiger partial charge in [-0.05, 0) is 36.8 Å². The number of aromatic nitrogens is 1. The first-order valence-electron chi connectivity index (χ1n) is 9.60. The van der Waals surface area contributed by atoms with Crippen molar-refractivity contribution in [2.24, 2.45) is 4.99 Å². The number of rotatable bonds is 7. The molecule has 3 rings (SSSR count). The van der Waals surface area contributed by atoms with Crippen LogP contribution < -0.4 is 16.0 Å². The maximum atomic E-state index is 12.1. The third-order valence-electron chi connectivity index (χ3n) is 4.34. The van der Waals surface area contributed by atoms with Gasteiger partial charge in [-0.2, -0.15) is 0 Å². The Morgan fingerprint density at radius 1 is 1.00 bits per heavy atom. The first-order valence-corrected chi connectivity index (χ1v) is 9.60. The molecule has 4 N–H and O–H groups in total. The van der Waals surface area contributed by atoms with Crippen molar-refractivity contribution in [2.45, 2.75) is 13.5 Å². The second-order valence-corrected chi connectivity index (χ2v) is 6.38. The van der Waals surface area contributed by atoms with Crippen LogP contribution in [0.3, 0.4) is 0 Å². The largest absolute Gasteiger partial charge is 0.507 e. The lowest BCUT2D eigenvalue weighted by Gasteiger charge is -2.12. The van der Waals surface area contributed by atoms with E-state index in [-0.39, 0.29) is 17.2 Å². The van der Waals surface area contributed by atoms with Gasteiger partial charge in [0.25, 0.3) is 5.91 Å². The van der Waals surface area contributed by atoms with Gasteiger partial charge < -0.3 is 21.1 Å². The second-order valence-electron chi connectivity index (χ2n) is 6.38. The van der Waals surface area contributed by atoms with Crippen LogP contribution in [0.25, 0.3) is 10.9 Å². The molecule has 0 spiro atoms. The Hall–Kier alpha value is -3.61. The predicted molar refractivity (Wildman–Crippen MR) is 115 cm³/mol. The molecule has 3 aromatic rings. The Bertz CT molecular complexity index is 998. The minimum Gasteiger partial charge on any atom is -0.507 e. The van der Waals surface area contributed by atoms with Crippen LogP contribution in [-0.4, -0.2) is 41.6 Å². The molecule has 0 saturated carbocycles. The number of hydrogen-bond acceptors (Lipinski definition) is 4. The first kappa shape index (κ1) is 20.1. The average molecular weight is 391 g/mol. The molecule has 150 valence electrons. The number of phenolic OH excluding ortho intramolecular Hbond substituents is 1. The van der Waals surface area contributed by atoms with Gasteiger partial charge in [-0.15, -0.1) is 0 Å². The lowest BCUT2D eigenvalue weighted by atomic mass is 10.1. The molecule has 0 radical (unpaired) electrons. The Morgan fingerprint density at radius 3 is 2.59 bits per heavy atom. The molecule has 1 aromatic heterocycles. The van der Waals surface area contributed by atoms with Gasteiger partial charge in [-0.1, -0.05) is 30.3 Å². The average Bonchev–Trinajstić information content (AvgIpc) is 2.75. The lowest BCUT2D eigenvalue weighted by Crippen LogP contribution is -2.41. The van der Waals surface area contributed by atoms with E-state index < -0.39 is 0 Å². The molecule has 0 aliphatic carbocycles. The van der Waals surface area contributed by atoms with Crippen molar-refractivity contribution in [2.75, 3.05) is 19.6 Å². The fourth-order valence-corrected chi connectivity index (χ4v) is 2.92. The molecular formula is C22H25N5O2. The Kier molecular flexibility index (Phi) is 7.00. The predicted octanol–water partition coefficient (Wildman–Crippen LogP) is 2.43. The molecule has 0 aliphatic heterocycles. The van der Waals surface area contributed by atoms with Gasteiger partial charge in [-0.25, -0.2) is 4.99 Å². The van der Waals surface area contributed by atoms with Crippen LogP contribution in [0.5, 0.6) is 5.75 Å². The third kappa shape index (κ3) is 5.44. The van der Waals surface area contributed by atoms with E-state index in [9.17, 15) is 9.90 Å². The number of carbonyl (C=O) groups is 1. The SMILES string of the molecule is CCNC(=NCc1ccnc2ccccc12)NCCNC(=O)c1ccccc1O. The number of phenols is 1. The highest BCUT2D eigenvalue weighted by atomic mass is 16.3. The molecule has 0 fully saturated rings. The summed E-state index contributed by atoms with van der Waals surface area (Å²) in [6.45, 7) is 4.15. The molecule has 1 amide bonds. The topological polar surface area (TPSA) is 98.6 Å². The van der Waals surface area contributed by atoms with Gasteiger partial charge in [0.15, 0.2) is 5.96 Å². The smallest absolute Gasteiger partial charge is 0.255 e. The normalized spacial score (nSPS) is 11.3. The van der Waals surface area contributed by atoms with E-state index in [1.165, 1.54) is 6.07 Å². The van der Waals surface area contributed by atoms with Gasteiger partial charge >= 0.3 is 0 Å². The second kappa shape index (κ2) is 10.1. The maximum Gasteiger partial charge on any atom is 0.255 e. The van der Waals surface area contributed by atoms with Crippen molar-refractivity contribution in [3.63, 3.8) is 0 Å². The van der Waals surface area contributed by atoms with Crippen LogP contribution in [0.15, 0.2) is 65.8 Å². The highest BCUT2D eigenvalue weighted by Crippen LogP contribution is 2.17. The molecule has 0 saturated heterocycles. The highest BCUT2D eigenvalue weighted by molar-refractivity contribution is 5.96. The number of nitrogens with zero attached hydrogens (tertiary/aromatic N) is 2. The Labute approximate surface area is 169 Å². The highest BCUT2D eigenvalue weighted by Gasteiger charge is 2.09. The summed E-state index contributed by atoms with van der Waals surface area (Å²) in [6, 6.07) is 16.4. The molecule has 0 aliphatic rings. The van der Waals surface area contributed by atoms with Crippen LogP contribution in [0.2, 0.25) is 0 Å². The Balaban J connectivity index is 1.56. The summed E-state index contributed by atoms with van der Waals surface area (Å²) in [6.07, 6.45) is 1.79. The van der Waals surface area contributed by atoms with Gasteiger partial charge in [0.1, 0.15) is 5.75 Å². The van der Waals surface area contributed by atoms with E-state index in [1.807, 2.05) is 37.3 Å². The fourth-order valence-electron chi connectivity index (χ4n) is 2.92. The number of nitrogens with one attached hydrogen (secondary N) is 3. The number of fused-ring (bicyclic) bond motifs is 1. The number of guanidine groups is 1. The van der Waals surface area contributed by atoms with E-state index in [0.717, 1.165) is 23.0 Å². The molecule has 2 aromatic carbocycles. The third-order valence-corrected chi connectivity index (χ3v) is 4.34.